The summed E-state index contributed by atoms with van der Waals surface area (Å²) in [5, 5.41) is 2.35. The van der Waals surface area contributed by atoms with Crippen molar-refractivity contribution in [2.45, 2.75) is 32.0 Å². The van der Waals surface area contributed by atoms with E-state index in [4.69, 9.17) is 9.72 Å². The summed E-state index contributed by atoms with van der Waals surface area (Å²) in [4.78, 5) is 45.7. The molecular weight excluding hydrogens is 470 g/mol. The van der Waals surface area contributed by atoms with Crippen molar-refractivity contribution in [1.82, 2.24) is 24.7 Å². The van der Waals surface area contributed by atoms with Gasteiger partial charge in [0, 0.05) is 62.5 Å². The zero-order valence-corrected chi connectivity index (χ0v) is 20.8. The molecule has 3 aromatic rings. The number of nitrogens with one attached hydrogen (secondary N) is 1. The van der Waals surface area contributed by atoms with Crippen LogP contribution < -0.4 is 5.32 Å². The topological polar surface area (TPSA) is 96.8 Å². The molecule has 1 unspecified atom stereocenters. The van der Waals surface area contributed by atoms with Crippen molar-refractivity contribution in [3.8, 4) is 22.6 Å². The number of hydrogen-bond acceptors (Lipinski definition) is 6. The van der Waals surface area contributed by atoms with Crippen LogP contribution in [0.25, 0.3) is 22.6 Å². The molecular formula is C28H29N5O4. The third-order valence-corrected chi connectivity index (χ3v) is 7.42. The first kappa shape index (κ1) is 23.6. The molecule has 0 spiro atoms. The van der Waals surface area contributed by atoms with Crippen molar-refractivity contribution in [2.24, 2.45) is 7.05 Å². The molecule has 1 aromatic heterocycles. The van der Waals surface area contributed by atoms with Crippen LogP contribution in [0.1, 0.15) is 34.3 Å². The van der Waals surface area contributed by atoms with E-state index in [-0.39, 0.29) is 18.2 Å². The van der Waals surface area contributed by atoms with Gasteiger partial charge in [0.2, 0.25) is 11.8 Å². The third-order valence-electron chi connectivity index (χ3n) is 7.42. The van der Waals surface area contributed by atoms with Crippen molar-refractivity contribution in [1.29, 1.82) is 0 Å². The van der Waals surface area contributed by atoms with E-state index >= 15 is 0 Å². The maximum atomic E-state index is 13.0. The summed E-state index contributed by atoms with van der Waals surface area (Å²) in [6.45, 7) is 4.77. The van der Waals surface area contributed by atoms with Gasteiger partial charge in [0.25, 0.3) is 5.91 Å². The van der Waals surface area contributed by atoms with Gasteiger partial charge in [-0.15, -0.1) is 0 Å². The Balaban J connectivity index is 1.19. The lowest BCUT2D eigenvalue weighted by Crippen LogP contribution is -2.52. The van der Waals surface area contributed by atoms with E-state index in [2.05, 4.69) is 34.5 Å². The molecule has 2 aromatic carbocycles. The number of ether oxygens (including phenoxy) is 1. The Labute approximate surface area is 215 Å². The van der Waals surface area contributed by atoms with E-state index < -0.39 is 11.9 Å². The molecule has 0 saturated carbocycles. The first-order chi connectivity index (χ1) is 18.0. The molecule has 0 bridgehead atoms. The van der Waals surface area contributed by atoms with Crippen LogP contribution in [0.5, 0.6) is 0 Å². The zero-order valence-electron chi connectivity index (χ0n) is 20.8. The first-order valence-corrected chi connectivity index (χ1v) is 12.7. The Morgan fingerprint density at radius 2 is 1.78 bits per heavy atom. The molecule has 4 heterocycles. The monoisotopic (exact) mass is 499 g/mol. The Kier molecular flexibility index (Phi) is 6.10. The highest BCUT2D eigenvalue weighted by Gasteiger charge is 2.39. The third kappa shape index (κ3) is 4.56. The Bertz CT molecular complexity index is 1370. The number of aromatic nitrogens is 2. The fourth-order valence-electron chi connectivity index (χ4n) is 5.38. The number of imidazole rings is 1. The number of carbonyl (C=O) groups is 3. The predicted octanol–water partition coefficient (Wildman–Crippen LogP) is 2.35. The predicted molar refractivity (Wildman–Crippen MR) is 136 cm³/mol. The van der Waals surface area contributed by atoms with Gasteiger partial charge in [-0.25, -0.2) is 4.98 Å². The zero-order chi connectivity index (χ0) is 25.5. The molecule has 9 heteroatoms. The summed E-state index contributed by atoms with van der Waals surface area (Å²) >= 11 is 0. The maximum absolute atomic E-state index is 13.0. The van der Waals surface area contributed by atoms with Crippen LogP contribution in [-0.4, -0.2) is 69.4 Å². The average molecular weight is 500 g/mol. The second-order valence-corrected chi connectivity index (χ2v) is 9.92. The normalized spacial score (nSPS) is 20.3. The van der Waals surface area contributed by atoms with E-state index in [1.54, 1.807) is 4.90 Å². The van der Waals surface area contributed by atoms with Crippen molar-refractivity contribution < 1.29 is 19.1 Å². The second-order valence-electron chi connectivity index (χ2n) is 9.92. The number of nitrogens with zero attached hydrogens (tertiary/aromatic N) is 4. The van der Waals surface area contributed by atoms with Gasteiger partial charge in [0.05, 0.1) is 18.9 Å². The number of piperidine rings is 1. The number of hydrogen-bond donors (Lipinski definition) is 1. The number of benzene rings is 2. The highest BCUT2D eigenvalue weighted by Crippen LogP contribution is 2.32. The Hall–Kier alpha value is -3.82. The van der Waals surface area contributed by atoms with Gasteiger partial charge in [-0.2, -0.15) is 0 Å². The molecule has 0 aliphatic carbocycles. The summed E-state index contributed by atoms with van der Waals surface area (Å²) in [5.74, 6) is 0.0120. The van der Waals surface area contributed by atoms with E-state index in [1.807, 2.05) is 36.0 Å². The van der Waals surface area contributed by atoms with E-state index in [0.29, 0.717) is 18.5 Å². The molecule has 190 valence electrons. The van der Waals surface area contributed by atoms with Gasteiger partial charge >= 0.3 is 0 Å². The fraction of sp³-hybridized carbons (Fsp3) is 0.357. The Morgan fingerprint density at radius 1 is 1.03 bits per heavy atom. The molecule has 3 amide bonds. The minimum atomic E-state index is -0.617. The highest BCUT2D eigenvalue weighted by atomic mass is 16.5. The largest absolute Gasteiger partial charge is 0.379 e. The number of amides is 3. The smallest absolute Gasteiger partial charge is 0.255 e. The van der Waals surface area contributed by atoms with Gasteiger partial charge in [-0.05, 0) is 29.7 Å². The Morgan fingerprint density at radius 3 is 2.54 bits per heavy atom. The molecule has 3 aliphatic heterocycles. The van der Waals surface area contributed by atoms with Crippen LogP contribution >= 0.6 is 0 Å². The molecule has 6 rings (SSSR count). The summed E-state index contributed by atoms with van der Waals surface area (Å²) in [6.07, 6.45) is 2.59. The van der Waals surface area contributed by atoms with Crippen molar-refractivity contribution in [2.75, 3.05) is 26.3 Å². The number of aryl methyl sites for hydroxylation is 1. The van der Waals surface area contributed by atoms with E-state index in [0.717, 1.165) is 61.1 Å². The summed E-state index contributed by atoms with van der Waals surface area (Å²) in [5.41, 5.74) is 5.52. The molecule has 2 fully saturated rings. The number of fused-ring (bicyclic) bond motifs is 1. The number of rotatable bonds is 5. The lowest BCUT2D eigenvalue weighted by Gasteiger charge is -2.29. The average Bonchev–Trinajstić information content (AvgIpc) is 3.45. The number of morpholine rings is 1. The lowest BCUT2D eigenvalue weighted by atomic mass is 10.0. The lowest BCUT2D eigenvalue weighted by molar-refractivity contribution is -0.136. The molecule has 0 radical (unpaired) electrons. The number of imide groups is 1. The maximum Gasteiger partial charge on any atom is 0.255 e. The fourth-order valence-corrected chi connectivity index (χ4v) is 5.38. The van der Waals surface area contributed by atoms with Crippen molar-refractivity contribution >= 4 is 17.7 Å². The summed E-state index contributed by atoms with van der Waals surface area (Å²) < 4.78 is 7.45. The van der Waals surface area contributed by atoms with Crippen molar-refractivity contribution in [3.63, 3.8) is 0 Å². The van der Waals surface area contributed by atoms with Crippen LogP contribution in [0.2, 0.25) is 0 Å². The van der Waals surface area contributed by atoms with Gasteiger partial charge in [0.1, 0.15) is 11.9 Å². The molecule has 2 saturated heterocycles. The highest BCUT2D eigenvalue weighted by molar-refractivity contribution is 6.05. The van der Waals surface area contributed by atoms with Crippen LogP contribution in [0.4, 0.5) is 0 Å². The minimum absolute atomic E-state index is 0.171. The number of carbonyl (C=O) groups excluding carboxylic acids is 3. The molecule has 37 heavy (non-hydrogen) atoms. The van der Waals surface area contributed by atoms with Crippen LogP contribution in [0.3, 0.4) is 0 Å². The van der Waals surface area contributed by atoms with Gasteiger partial charge < -0.3 is 14.2 Å². The van der Waals surface area contributed by atoms with Crippen LogP contribution in [0.15, 0.2) is 48.7 Å². The van der Waals surface area contributed by atoms with Crippen LogP contribution in [-0.2, 0) is 34.5 Å². The van der Waals surface area contributed by atoms with Gasteiger partial charge in [0.15, 0.2) is 0 Å². The SMILES string of the molecule is Cn1cc(-c2ccc3c(c2)CN(C2CCC(=O)NC2=O)C3=O)nc1-c1ccc(CN2CCOCC2)cc1. The van der Waals surface area contributed by atoms with Crippen molar-refractivity contribution in [3.05, 3.63) is 65.4 Å². The van der Waals surface area contributed by atoms with E-state index in [1.165, 1.54) is 5.56 Å². The minimum Gasteiger partial charge on any atom is -0.379 e. The van der Waals surface area contributed by atoms with E-state index in [9.17, 15) is 14.4 Å². The van der Waals surface area contributed by atoms with Crippen LogP contribution in [0, 0.1) is 0 Å². The molecule has 1 N–H and O–H groups in total. The molecule has 1 atom stereocenters. The quantitative estimate of drug-likeness (QED) is 0.542. The van der Waals surface area contributed by atoms with Gasteiger partial charge in [-0.1, -0.05) is 30.3 Å². The first-order valence-electron chi connectivity index (χ1n) is 12.7. The summed E-state index contributed by atoms with van der Waals surface area (Å²) in [7, 11) is 1.98. The standard InChI is InChI=1S/C28H29N5O4/c1-31-17-23(29-26(31)19-4-2-18(3-5-19)15-32-10-12-37-13-11-32)20-6-7-22-21(14-20)16-33(28(22)36)24-8-9-25(34)30-27(24)35/h2-7,14,17,24H,8-13,15-16H2,1H3,(H,30,34,35). The molecule has 3 aliphatic rings. The molecule has 9 nitrogen and oxygen atoms in total. The second kappa shape index (κ2) is 9.57. The van der Waals surface area contributed by atoms with Gasteiger partial charge in [-0.3, -0.25) is 24.6 Å². The summed E-state index contributed by atoms with van der Waals surface area (Å²) in [6, 6.07) is 13.6.